The number of rotatable bonds is 4. The van der Waals surface area contributed by atoms with Gasteiger partial charge in [-0.05, 0) is 73.9 Å². The highest BCUT2D eigenvalue weighted by Gasteiger charge is 2.41. The number of para-hydroxylation sites is 1. The zero-order valence-electron chi connectivity index (χ0n) is 21.8. The van der Waals surface area contributed by atoms with Crippen LogP contribution in [0.5, 0.6) is 11.5 Å². The van der Waals surface area contributed by atoms with Gasteiger partial charge in [-0.15, -0.1) is 0 Å². The Bertz CT molecular complexity index is 1010. The summed E-state index contributed by atoms with van der Waals surface area (Å²) in [5.74, 6) is 2.29. The number of ether oxygens (including phenoxy) is 2. The van der Waals surface area contributed by atoms with E-state index in [0.717, 1.165) is 43.6 Å². The Morgan fingerprint density at radius 3 is 2.53 bits per heavy atom. The summed E-state index contributed by atoms with van der Waals surface area (Å²) in [4.78, 5) is 28.4. The first kappa shape index (κ1) is 26.1. The topological polar surface area (TPSA) is 67.9 Å². The van der Waals surface area contributed by atoms with Gasteiger partial charge in [-0.2, -0.15) is 0 Å². The average molecular weight is 493 g/mol. The van der Waals surface area contributed by atoms with Gasteiger partial charge in [0.25, 0.3) is 5.91 Å². The van der Waals surface area contributed by atoms with Crippen LogP contribution in [0.3, 0.4) is 0 Å². The lowest BCUT2D eigenvalue weighted by Gasteiger charge is -2.41. The Labute approximate surface area is 215 Å². The number of aryl methyl sites for hydroxylation is 1. The molecule has 2 aromatic carbocycles. The summed E-state index contributed by atoms with van der Waals surface area (Å²) < 4.78 is 11.7. The normalized spacial score (nSPS) is 18.8. The van der Waals surface area contributed by atoms with Crippen molar-refractivity contribution in [3.05, 3.63) is 59.7 Å². The van der Waals surface area contributed by atoms with Gasteiger partial charge in [-0.1, -0.05) is 44.9 Å². The van der Waals surface area contributed by atoms with Gasteiger partial charge in [0, 0.05) is 18.7 Å². The number of hydrogen-bond acceptors (Lipinski definition) is 4. The van der Waals surface area contributed by atoms with Gasteiger partial charge in [0.1, 0.15) is 18.1 Å². The molecule has 36 heavy (non-hydrogen) atoms. The number of likely N-dealkylation sites (tertiary alicyclic amines) is 1. The molecule has 2 aromatic rings. The largest absolute Gasteiger partial charge is 0.493 e. The molecule has 194 valence electrons. The number of nitrogens with zero attached hydrogens (tertiary/aromatic N) is 1. The van der Waals surface area contributed by atoms with Crippen molar-refractivity contribution in [1.82, 2.24) is 10.2 Å². The van der Waals surface area contributed by atoms with Crippen LogP contribution >= 0.6 is 0 Å². The van der Waals surface area contributed by atoms with Crippen LogP contribution in [0.15, 0.2) is 48.5 Å². The average Bonchev–Trinajstić information content (AvgIpc) is 2.91. The van der Waals surface area contributed by atoms with Gasteiger partial charge in [-0.25, -0.2) is 0 Å². The fourth-order valence-electron chi connectivity index (χ4n) is 5.19. The standard InChI is InChI=1S/C30H40N2O4/c1-23(2)22-36-26-13-11-25(12-14-26)28(33)32-19-16-30(17-20-32)15-7-3-4-8-24-9-5-6-10-27(24)35-21-18-31-29(30)34/h5-6,9-14,23H,3-4,7-8,15-22H2,1-2H3,(H,31,34). The summed E-state index contributed by atoms with van der Waals surface area (Å²) in [6, 6.07) is 15.6. The lowest BCUT2D eigenvalue weighted by molar-refractivity contribution is -0.134. The van der Waals surface area contributed by atoms with E-state index in [4.69, 9.17) is 9.47 Å². The lowest BCUT2D eigenvalue weighted by atomic mass is 9.73. The molecule has 0 bridgehead atoms. The number of amides is 2. The molecule has 6 heteroatoms. The van der Waals surface area contributed by atoms with Crippen molar-refractivity contribution < 1.29 is 19.1 Å². The SMILES string of the molecule is CC(C)COc1ccc(C(=O)N2CCC3(CCCCCc4ccccc4OCCNC3=O)CC2)cc1. The monoisotopic (exact) mass is 492 g/mol. The smallest absolute Gasteiger partial charge is 0.253 e. The molecule has 4 rings (SSSR count). The summed E-state index contributed by atoms with van der Waals surface area (Å²) >= 11 is 0. The van der Waals surface area contributed by atoms with E-state index in [1.165, 1.54) is 5.56 Å². The van der Waals surface area contributed by atoms with Crippen molar-refractivity contribution in [3.8, 4) is 11.5 Å². The Hall–Kier alpha value is -3.02. The first-order chi connectivity index (χ1) is 17.5. The molecule has 1 fully saturated rings. The molecule has 6 nitrogen and oxygen atoms in total. The molecule has 0 aromatic heterocycles. The highest BCUT2D eigenvalue weighted by atomic mass is 16.5. The number of hydrogen-bond donors (Lipinski definition) is 1. The summed E-state index contributed by atoms with van der Waals surface area (Å²) in [6.45, 7) is 7.01. The van der Waals surface area contributed by atoms with Gasteiger partial charge in [0.05, 0.1) is 18.6 Å². The first-order valence-corrected chi connectivity index (χ1v) is 13.5. The van der Waals surface area contributed by atoms with Crippen molar-refractivity contribution >= 4 is 11.8 Å². The minimum Gasteiger partial charge on any atom is -0.493 e. The minimum atomic E-state index is -0.410. The lowest BCUT2D eigenvalue weighted by Crippen LogP contribution is -2.50. The van der Waals surface area contributed by atoms with Crippen molar-refractivity contribution in [1.29, 1.82) is 0 Å². The number of nitrogens with one attached hydrogen (secondary N) is 1. The van der Waals surface area contributed by atoms with Crippen LogP contribution in [0.2, 0.25) is 0 Å². The molecule has 0 saturated carbocycles. The van der Waals surface area contributed by atoms with Crippen LogP contribution in [0.25, 0.3) is 0 Å². The number of fused-ring (bicyclic) bond motifs is 1. The van der Waals surface area contributed by atoms with Gasteiger partial charge >= 0.3 is 0 Å². The molecule has 2 aliphatic rings. The fourth-order valence-corrected chi connectivity index (χ4v) is 5.19. The van der Waals surface area contributed by atoms with Crippen LogP contribution in [0.1, 0.15) is 68.3 Å². The third-order valence-electron chi connectivity index (χ3n) is 7.39. The van der Waals surface area contributed by atoms with Crippen molar-refractivity contribution in [2.45, 2.75) is 58.8 Å². The highest BCUT2D eigenvalue weighted by Crippen LogP contribution is 2.38. The molecule has 2 amide bonds. The molecular weight excluding hydrogens is 452 g/mol. The Balaban J connectivity index is 1.35. The fraction of sp³-hybridized carbons (Fsp3) is 0.533. The quantitative estimate of drug-likeness (QED) is 0.633. The third-order valence-corrected chi connectivity index (χ3v) is 7.39. The van der Waals surface area contributed by atoms with E-state index in [2.05, 4.69) is 31.3 Å². The molecule has 2 aliphatic heterocycles. The molecule has 1 N–H and O–H groups in total. The Morgan fingerprint density at radius 2 is 1.78 bits per heavy atom. The minimum absolute atomic E-state index is 0.0245. The van der Waals surface area contributed by atoms with Gasteiger partial charge in [0.2, 0.25) is 5.91 Å². The van der Waals surface area contributed by atoms with Gasteiger partial charge in [-0.3, -0.25) is 9.59 Å². The zero-order chi connectivity index (χ0) is 25.4. The maximum Gasteiger partial charge on any atom is 0.253 e. The maximum atomic E-state index is 13.3. The summed E-state index contributed by atoms with van der Waals surface area (Å²) in [7, 11) is 0. The maximum absolute atomic E-state index is 13.3. The van der Waals surface area contributed by atoms with Crippen LogP contribution < -0.4 is 14.8 Å². The van der Waals surface area contributed by atoms with Crippen molar-refractivity contribution in [2.75, 3.05) is 32.8 Å². The highest BCUT2D eigenvalue weighted by molar-refractivity contribution is 5.94. The zero-order valence-corrected chi connectivity index (χ0v) is 21.8. The summed E-state index contributed by atoms with van der Waals surface area (Å²) in [5.41, 5.74) is 1.50. The van der Waals surface area contributed by atoms with E-state index >= 15 is 0 Å². The van der Waals surface area contributed by atoms with E-state index in [9.17, 15) is 9.59 Å². The summed E-state index contributed by atoms with van der Waals surface area (Å²) in [6.07, 6.45) is 6.43. The van der Waals surface area contributed by atoms with Gasteiger partial charge in [0.15, 0.2) is 0 Å². The summed E-state index contributed by atoms with van der Waals surface area (Å²) in [5, 5.41) is 3.13. The van der Waals surface area contributed by atoms with E-state index in [0.29, 0.717) is 57.2 Å². The second-order valence-corrected chi connectivity index (χ2v) is 10.6. The molecule has 0 atom stereocenters. The van der Waals surface area contributed by atoms with Crippen LogP contribution in [0.4, 0.5) is 0 Å². The second kappa shape index (κ2) is 12.3. The second-order valence-electron chi connectivity index (χ2n) is 10.6. The van der Waals surface area contributed by atoms with E-state index in [1.807, 2.05) is 41.3 Å². The predicted octanol–water partition coefficient (Wildman–Crippen LogP) is 5.26. The number of carbonyl (C=O) groups excluding carboxylic acids is 2. The number of benzene rings is 2. The van der Waals surface area contributed by atoms with Crippen LogP contribution in [0, 0.1) is 11.3 Å². The van der Waals surface area contributed by atoms with Crippen molar-refractivity contribution in [3.63, 3.8) is 0 Å². The Morgan fingerprint density at radius 1 is 1.03 bits per heavy atom. The molecule has 1 saturated heterocycles. The third kappa shape index (κ3) is 6.59. The van der Waals surface area contributed by atoms with Crippen LogP contribution in [-0.4, -0.2) is 49.6 Å². The van der Waals surface area contributed by atoms with Crippen molar-refractivity contribution in [2.24, 2.45) is 11.3 Å². The number of carbonyl (C=O) groups is 2. The molecule has 1 spiro atoms. The molecule has 2 heterocycles. The first-order valence-electron chi connectivity index (χ1n) is 13.5. The molecular formula is C30H40N2O4. The van der Waals surface area contributed by atoms with Gasteiger partial charge < -0.3 is 19.7 Å². The Kier molecular flexibility index (Phi) is 8.89. The van der Waals surface area contributed by atoms with E-state index < -0.39 is 5.41 Å². The van der Waals surface area contributed by atoms with E-state index in [1.54, 1.807) is 0 Å². The van der Waals surface area contributed by atoms with Crippen LogP contribution in [-0.2, 0) is 11.2 Å². The predicted molar refractivity (Wildman–Crippen MR) is 141 cm³/mol. The number of piperidine rings is 1. The van der Waals surface area contributed by atoms with E-state index in [-0.39, 0.29) is 11.8 Å². The molecule has 0 radical (unpaired) electrons. The molecule has 0 aliphatic carbocycles. The molecule has 0 unspecified atom stereocenters.